The van der Waals surface area contributed by atoms with Gasteiger partial charge in [-0.25, -0.2) is 9.97 Å². The number of thiophene rings is 1. The van der Waals surface area contributed by atoms with Crippen LogP contribution >= 0.6 is 11.3 Å². The molecule has 102 valence electrons. The van der Waals surface area contributed by atoms with Crippen molar-refractivity contribution in [3.05, 3.63) is 17.3 Å². The van der Waals surface area contributed by atoms with Gasteiger partial charge in [-0.3, -0.25) is 4.79 Å². The second kappa shape index (κ2) is 5.13. The van der Waals surface area contributed by atoms with Crippen LogP contribution in [-0.4, -0.2) is 28.0 Å². The van der Waals surface area contributed by atoms with Crippen molar-refractivity contribution in [2.75, 3.05) is 11.9 Å². The summed E-state index contributed by atoms with van der Waals surface area (Å²) in [7, 11) is 0. The number of aryl methyl sites for hydroxylation is 1. The third-order valence-corrected chi connectivity index (χ3v) is 3.56. The molecule has 2 aromatic heterocycles. The van der Waals surface area contributed by atoms with Gasteiger partial charge in [-0.05, 0) is 38.6 Å². The lowest BCUT2D eigenvalue weighted by atomic mass is 10.1. The summed E-state index contributed by atoms with van der Waals surface area (Å²) in [4.78, 5) is 20.2. The highest BCUT2D eigenvalue weighted by Gasteiger charge is 2.14. The van der Waals surface area contributed by atoms with Crippen molar-refractivity contribution in [1.29, 1.82) is 0 Å². The van der Waals surface area contributed by atoms with Gasteiger partial charge in [0.2, 0.25) is 5.91 Å². The number of nitrogens with zero attached hydrogens (tertiary/aromatic N) is 2. The SMILES string of the molecule is Cc1csc2c(NCC(=O)NC(C)(C)C)ncnc12. The smallest absolute Gasteiger partial charge is 0.239 e. The van der Waals surface area contributed by atoms with Gasteiger partial charge >= 0.3 is 0 Å². The Morgan fingerprint density at radius 1 is 1.37 bits per heavy atom. The number of carbonyl (C=O) groups is 1. The number of nitrogens with one attached hydrogen (secondary N) is 2. The third kappa shape index (κ3) is 3.41. The summed E-state index contributed by atoms with van der Waals surface area (Å²) >= 11 is 1.59. The van der Waals surface area contributed by atoms with Crippen LogP contribution in [0.25, 0.3) is 10.2 Å². The lowest BCUT2D eigenvalue weighted by Crippen LogP contribution is -2.43. The van der Waals surface area contributed by atoms with Crippen LogP contribution in [0.15, 0.2) is 11.7 Å². The number of hydrogen-bond donors (Lipinski definition) is 2. The maximum absolute atomic E-state index is 11.8. The average molecular weight is 278 g/mol. The van der Waals surface area contributed by atoms with Crippen molar-refractivity contribution < 1.29 is 4.79 Å². The molecule has 0 spiro atoms. The summed E-state index contributed by atoms with van der Waals surface area (Å²) in [5.41, 5.74) is 1.85. The number of rotatable bonds is 3. The fraction of sp³-hybridized carbons (Fsp3) is 0.462. The predicted molar refractivity (Wildman–Crippen MR) is 78.5 cm³/mol. The Morgan fingerprint density at radius 2 is 2.11 bits per heavy atom. The molecule has 0 saturated heterocycles. The Labute approximate surface area is 116 Å². The molecule has 2 heterocycles. The largest absolute Gasteiger partial charge is 0.360 e. The minimum Gasteiger partial charge on any atom is -0.360 e. The lowest BCUT2D eigenvalue weighted by molar-refractivity contribution is -0.120. The third-order valence-electron chi connectivity index (χ3n) is 2.46. The molecule has 0 radical (unpaired) electrons. The van der Waals surface area contributed by atoms with Gasteiger partial charge in [-0.15, -0.1) is 11.3 Å². The van der Waals surface area contributed by atoms with E-state index in [1.54, 1.807) is 11.3 Å². The molecule has 2 aromatic rings. The number of carbonyl (C=O) groups excluding carboxylic acids is 1. The zero-order chi connectivity index (χ0) is 14.0. The van der Waals surface area contributed by atoms with E-state index in [1.807, 2.05) is 33.1 Å². The van der Waals surface area contributed by atoms with Crippen molar-refractivity contribution in [3.8, 4) is 0 Å². The molecule has 0 bridgehead atoms. The van der Waals surface area contributed by atoms with E-state index in [-0.39, 0.29) is 18.0 Å². The molecule has 0 aliphatic carbocycles. The van der Waals surface area contributed by atoms with E-state index < -0.39 is 0 Å². The quantitative estimate of drug-likeness (QED) is 0.904. The van der Waals surface area contributed by atoms with Gasteiger partial charge in [0.05, 0.1) is 16.8 Å². The molecule has 19 heavy (non-hydrogen) atoms. The molecule has 0 aliphatic heterocycles. The first-order valence-electron chi connectivity index (χ1n) is 6.10. The van der Waals surface area contributed by atoms with Gasteiger partial charge in [0.1, 0.15) is 12.1 Å². The molecule has 5 nitrogen and oxygen atoms in total. The Balaban J connectivity index is 2.08. The number of fused-ring (bicyclic) bond motifs is 1. The van der Waals surface area contributed by atoms with Crippen molar-refractivity contribution in [3.63, 3.8) is 0 Å². The highest BCUT2D eigenvalue weighted by atomic mass is 32.1. The summed E-state index contributed by atoms with van der Waals surface area (Å²) in [6, 6.07) is 0. The normalized spacial score (nSPS) is 11.6. The Hall–Kier alpha value is -1.69. The van der Waals surface area contributed by atoms with Gasteiger partial charge in [-0.1, -0.05) is 0 Å². The highest BCUT2D eigenvalue weighted by molar-refractivity contribution is 7.18. The predicted octanol–water partition coefficient (Wildman–Crippen LogP) is 2.33. The Bertz CT molecular complexity index is 600. The van der Waals surface area contributed by atoms with Crippen LogP contribution in [0.3, 0.4) is 0 Å². The van der Waals surface area contributed by atoms with Crippen LogP contribution in [0.2, 0.25) is 0 Å². The van der Waals surface area contributed by atoms with Crippen LogP contribution < -0.4 is 10.6 Å². The summed E-state index contributed by atoms with van der Waals surface area (Å²) in [6.07, 6.45) is 1.52. The number of anilines is 1. The van der Waals surface area contributed by atoms with E-state index in [0.29, 0.717) is 5.82 Å². The minimum atomic E-state index is -0.223. The van der Waals surface area contributed by atoms with Gasteiger partial charge in [0, 0.05) is 5.54 Å². The number of aromatic nitrogens is 2. The van der Waals surface area contributed by atoms with Crippen LogP contribution in [0, 0.1) is 6.92 Å². The molecule has 0 atom stereocenters. The molecular weight excluding hydrogens is 260 g/mol. The summed E-state index contributed by atoms with van der Waals surface area (Å²) in [5, 5.41) is 8.01. The molecule has 0 unspecified atom stereocenters. The van der Waals surface area contributed by atoms with Crippen LogP contribution in [0.1, 0.15) is 26.3 Å². The zero-order valence-corrected chi connectivity index (χ0v) is 12.4. The fourth-order valence-corrected chi connectivity index (χ4v) is 2.69. The molecule has 0 aromatic carbocycles. The van der Waals surface area contributed by atoms with E-state index in [4.69, 9.17) is 0 Å². The van der Waals surface area contributed by atoms with Crippen LogP contribution in [0.4, 0.5) is 5.82 Å². The maximum Gasteiger partial charge on any atom is 0.239 e. The van der Waals surface area contributed by atoms with Crippen LogP contribution in [-0.2, 0) is 4.79 Å². The molecule has 0 saturated carbocycles. The molecule has 6 heteroatoms. The molecular formula is C13H18N4OS. The first-order chi connectivity index (χ1) is 8.87. The topological polar surface area (TPSA) is 66.9 Å². The number of amides is 1. The van der Waals surface area contributed by atoms with Gasteiger partial charge in [0.25, 0.3) is 0 Å². The molecule has 2 rings (SSSR count). The van der Waals surface area contributed by atoms with Crippen molar-refractivity contribution >= 4 is 33.3 Å². The highest BCUT2D eigenvalue weighted by Crippen LogP contribution is 2.28. The van der Waals surface area contributed by atoms with E-state index in [0.717, 1.165) is 15.8 Å². The molecule has 0 aliphatic rings. The van der Waals surface area contributed by atoms with Crippen molar-refractivity contribution in [1.82, 2.24) is 15.3 Å². The van der Waals surface area contributed by atoms with E-state index in [9.17, 15) is 4.79 Å². The first-order valence-corrected chi connectivity index (χ1v) is 6.98. The first kappa shape index (κ1) is 13.7. The Morgan fingerprint density at radius 3 is 2.79 bits per heavy atom. The summed E-state index contributed by atoms with van der Waals surface area (Å²) in [6.45, 7) is 8.09. The van der Waals surface area contributed by atoms with Crippen molar-refractivity contribution in [2.45, 2.75) is 33.2 Å². The van der Waals surface area contributed by atoms with E-state index in [2.05, 4.69) is 20.6 Å². The standard InChI is InChI=1S/C13H18N4OS/c1-8-6-19-11-10(8)15-7-16-12(11)14-5-9(18)17-13(2,3)4/h6-7H,5H2,1-4H3,(H,17,18)(H,14,15,16). The monoisotopic (exact) mass is 278 g/mol. The number of hydrogen-bond acceptors (Lipinski definition) is 5. The molecule has 2 N–H and O–H groups in total. The second-order valence-corrected chi connectivity index (χ2v) is 6.35. The van der Waals surface area contributed by atoms with E-state index >= 15 is 0 Å². The molecule has 1 amide bonds. The summed E-state index contributed by atoms with van der Waals surface area (Å²) in [5.74, 6) is 0.666. The fourth-order valence-electron chi connectivity index (χ4n) is 1.72. The maximum atomic E-state index is 11.8. The van der Waals surface area contributed by atoms with Crippen molar-refractivity contribution in [2.24, 2.45) is 0 Å². The van der Waals surface area contributed by atoms with Gasteiger partial charge in [-0.2, -0.15) is 0 Å². The van der Waals surface area contributed by atoms with Gasteiger partial charge < -0.3 is 10.6 Å². The average Bonchev–Trinajstić information content (AvgIpc) is 2.67. The second-order valence-electron chi connectivity index (χ2n) is 5.47. The van der Waals surface area contributed by atoms with Crippen LogP contribution in [0.5, 0.6) is 0 Å². The summed E-state index contributed by atoms with van der Waals surface area (Å²) < 4.78 is 0.989. The lowest BCUT2D eigenvalue weighted by Gasteiger charge is -2.20. The van der Waals surface area contributed by atoms with Gasteiger partial charge in [0.15, 0.2) is 0 Å². The zero-order valence-electron chi connectivity index (χ0n) is 11.6. The van der Waals surface area contributed by atoms with E-state index in [1.165, 1.54) is 6.33 Å². The Kier molecular flexibility index (Phi) is 3.71. The molecule has 0 fully saturated rings. The minimum absolute atomic E-state index is 0.0486.